The number of aryl methyl sites for hydroxylation is 1. The summed E-state index contributed by atoms with van der Waals surface area (Å²) < 4.78 is 1.80. The van der Waals surface area contributed by atoms with Gasteiger partial charge in [-0.2, -0.15) is 5.10 Å². The van der Waals surface area contributed by atoms with Crippen LogP contribution in [0.5, 0.6) is 0 Å². The Morgan fingerprint density at radius 1 is 1.15 bits per heavy atom. The third-order valence-electron chi connectivity index (χ3n) is 7.67. The summed E-state index contributed by atoms with van der Waals surface area (Å²) in [6, 6.07) is 4.74. The van der Waals surface area contributed by atoms with Crippen LogP contribution in [0.15, 0.2) is 29.9 Å². The fourth-order valence-corrected chi connectivity index (χ4v) is 6.55. The smallest absolute Gasteiger partial charge is 0.254 e. The molecule has 7 nitrogen and oxygen atoms in total. The maximum Gasteiger partial charge on any atom is 0.254 e. The molecule has 3 fully saturated rings. The number of carbonyl (C=O) groups is 1. The topological polar surface area (TPSA) is 75.9 Å². The van der Waals surface area contributed by atoms with E-state index in [9.17, 15) is 4.79 Å². The second-order valence-electron chi connectivity index (χ2n) is 10.0. The molecule has 3 aromatic rings. The Morgan fingerprint density at radius 3 is 2.85 bits per heavy atom. The number of aromatic nitrogens is 4. The minimum Gasteiger partial charge on any atom is -0.352 e. The van der Waals surface area contributed by atoms with E-state index < -0.39 is 0 Å². The molecule has 34 heavy (non-hydrogen) atoms. The van der Waals surface area contributed by atoms with Crippen molar-refractivity contribution in [2.75, 3.05) is 19.6 Å². The fraction of sp³-hybridized carbons (Fsp3) is 0.538. The van der Waals surface area contributed by atoms with Gasteiger partial charge < -0.3 is 10.2 Å². The lowest BCUT2D eigenvalue weighted by Crippen LogP contribution is -2.51. The monoisotopic (exact) mass is 476 g/mol. The number of hydrogen-bond acceptors (Lipinski definition) is 6. The lowest BCUT2D eigenvalue weighted by molar-refractivity contribution is 0.0575. The Labute approximate surface area is 204 Å². The predicted octanol–water partition coefficient (Wildman–Crippen LogP) is 4.57. The zero-order chi connectivity index (χ0) is 23.1. The summed E-state index contributed by atoms with van der Waals surface area (Å²) in [5, 5.41) is 9.94. The highest BCUT2D eigenvalue weighted by molar-refractivity contribution is 7.13. The Morgan fingerprint density at radius 2 is 2.03 bits per heavy atom. The fourth-order valence-electron chi connectivity index (χ4n) is 5.77. The Balaban J connectivity index is 1.24. The molecule has 1 aliphatic carbocycles. The van der Waals surface area contributed by atoms with Gasteiger partial charge >= 0.3 is 0 Å². The van der Waals surface area contributed by atoms with E-state index in [2.05, 4.69) is 31.7 Å². The van der Waals surface area contributed by atoms with Gasteiger partial charge in [-0.3, -0.25) is 4.79 Å². The van der Waals surface area contributed by atoms with Crippen LogP contribution in [0.1, 0.15) is 72.5 Å². The second-order valence-corrected chi connectivity index (χ2v) is 11.0. The molecule has 0 unspecified atom stereocenters. The molecule has 178 valence electrons. The standard InChI is InChI=1S/C26H32N6OS/c1-17-14-28-26(30-23(17)22-8-5-13-34-22)32-24(18-9-10-18)20(16-29-32)25(33)27-15-19-6-4-12-31-11-3-2-7-21(19)31/h5,8,13-14,16,18-19,21H,2-4,6-7,9-12,15H2,1H3,(H,27,33)/t19-,21+/m0/s1. The van der Waals surface area contributed by atoms with Crippen LogP contribution in [0, 0.1) is 12.8 Å². The summed E-state index contributed by atoms with van der Waals surface area (Å²) in [6.45, 7) is 5.22. The molecule has 2 aliphatic heterocycles. The molecule has 8 heteroatoms. The van der Waals surface area contributed by atoms with Gasteiger partial charge in [-0.25, -0.2) is 14.6 Å². The van der Waals surface area contributed by atoms with Crippen molar-refractivity contribution in [1.82, 2.24) is 30.0 Å². The van der Waals surface area contributed by atoms with Crippen LogP contribution in [-0.2, 0) is 0 Å². The summed E-state index contributed by atoms with van der Waals surface area (Å²) in [6.07, 6.45) is 12.1. The highest BCUT2D eigenvalue weighted by Crippen LogP contribution is 2.42. The van der Waals surface area contributed by atoms with E-state index in [1.54, 1.807) is 22.2 Å². The zero-order valence-electron chi connectivity index (χ0n) is 19.7. The van der Waals surface area contributed by atoms with Crippen LogP contribution in [0.2, 0.25) is 0 Å². The maximum atomic E-state index is 13.3. The molecule has 1 amide bonds. The Hall–Kier alpha value is -2.58. The van der Waals surface area contributed by atoms with Crippen LogP contribution in [0.4, 0.5) is 0 Å². The van der Waals surface area contributed by atoms with Crippen molar-refractivity contribution in [2.24, 2.45) is 5.92 Å². The van der Waals surface area contributed by atoms with Gasteiger partial charge in [-0.05, 0) is 81.5 Å². The molecule has 6 rings (SSSR count). The van der Waals surface area contributed by atoms with Crippen molar-refractivity contribution in [2.45, 2.75) is 63.8 Å². The lowest BCUT2D eigenvalue weighted by Gasteiger charge is -2.44. The third-order valence-corrected chi connectivity index (χ3v) is 8.55. The molecule has 0 aromatic carbocycles. The highest BCUT2D eigenvalue weighted by Gasteiger charge is 2.35. The number of nitrogens with one attached hydrogen (secondary N) is 1. The zero-order valence-corrected chi connectivity index (χ0v) is 20.6. The number of rotatable bonds is 6. The number of carbonyl (C=O) groups excluding carboxylic acids is 1. The molecular formula is C26H32N6OS. The van der Waals surface area contributed by atoms with Crippen molar-refractivity contribution < 1.29 is 4.79 Å². The van der Waals surface area contributed by atoms with Crippen LogP contribution in [0.3, 0.4) is 0 Å². The van der Waals surface area contributed by atoms with Gasteiger partial charge in [0.2, 0.25) is 0 Å². The van der Waals surface area contributed by atoms with E-state index in [0.29, 0.717) is 29.4 Å². The minimum atomic E-state index is -0.00771. The largest absolute Gasteiger partial charge is 0.352 e. The number of fused-ring (bicyclic) bond motifs is 1. The Kier molecular flexibility index (Phi) is 5.95. The van der Waals surface area contributed by atoms with Gasteiger partial charge in [0, 0.05) is 24.7 Å². The first-order valence-corrected chi connectivity index (χ1v) is 13.5. The molecule has 0 spiro atoms. The Bertz CT molecular complexity index is 1170. The summed E-state index contributed by atoms with van der Waals surface area (Å²) in [7, 11) is 0. The lowest BCUT2D eigenvalue weighted by atomic mass is 9.83. The van der Waals surface area contributed by atoms with Crippen molar-refractivity contribution in [3.05, 3.63) is 46.7 Å². The van der Waals surface area contributed by atoms with E-state index in [1.807, 2.05) is 19.2 Å². The number of hydrogen-bond donors (Lipinski definition) is 1. The molecule has 0 bridgehead atoms. The van der Waals surface area contributed by atoms with Crippen LogP contribution in [0.25, 0.3) is 16.5 Å². The summed E-state index contributed by atoms with van der Waals surface area (Å²) in [5.74, 6) is 1.43. The van der Waals surface area contributed by atoms with E-state index in [4.69, 9.17) is 4.98 Å². The van der Waals surface area contributed by atoms with E-state index in [-0.39, 0.29) is 5.91 Å². The molecule has 2 atom stereocenters. The summed E-state index contributed by atoms with van der Waals surface area (Å²) in [4.78, 5) is 26.5. The second kappa shape index (κ2) is 9.23. The molecule has 1 N–H and O–H groups in total. The number of piperidine rings is 2. The molecular weight excluding hydrogens is 444 g/mol. The van der Waals surface area contributed by atoms with Gasteiger partial charge in [0.15, 0.2) is 0 Å². The molecule has 5 heterocycles. The van der Waals surface area contributed by atoms with Crippen LogP contribution >= 0.6 is 11.3 Å². The number of thiophene rings is 1. The molecule has 0 radical (unpaired) electrons. The van der Waals surface area contributed by atoms with Crippen molar-refractivity contribution in [3.8, 4) is 16.5 Å². The van der Waals surface area contributed by atoms with Gasteiger partial charge in [0.1, 0.15) is 0 Å². The SMILES string of the molecule is Cc1cnc(-n2ncc(C(=O)NC[C@@H]3CCCN4CCCC[C@H]34)c2C2CC2)nc1-c1cccs1. The van der Waals surface area contributed by atoms with Gasteiger partial charge in [-0.15, -0.1) is 11.3 Å². The average Bonchev–Trinajstić information content (AvgIpc) is 3.37. The van der Waals surface area contributed by atoms with Crippen LogP contribution in [-0.4, -0.2) is 56.2 Å². The van der Waals surface area contributed by atoms with Crippen LogP contribution < -0.4 is 5.32 Å². The molecule has 3 aromatic heterocycles. The molecule has 3 aliphatic rings. The van der Waals surface area contributed by atoms with Gasteiger partial charge in [-0.1, -0.05) is 12.5 Å². The molecule has 1 saturated carbocycles. The first-order chi connectivity index (χ1) is 16.7. The van der Waals surface area contributed by atoms with Crippen molar-refractivity contribution in [1.29, 1.82) is 0 Å². The van der Waals surface area contributed by atoms with E-state index in [0.717, 1.165) is 41.2 Å². The molecule has 2 saturated heterocycles. The normalized spacial score (nSPS) is 23.0. The first kappa shape index (κ1) is 21.9. The summed E-state index contributed by atoms with van der Waals surface area (Å²) in [5.41, 5.74) is 3.60. The average molecular weight is 477 g/mol. The minimum absolute atomic E-state index is 0.00771. The predicted molar refractivity (Wildman–Crippen MR) is 133 cm³/mol. The number of nitrogens with zero attached hydrogens (tertiary/aromatic N) is 5. The van der Waals surface area contributed by atoms with Crippen molar-refractivity contribution >= 4 is 17.2 Å². The quantitative estimate of drug-likeness (QED) is 0.564. The van der Waals surface area contributed by atoms with Gasteiger partial charge in [0.25, 0.3) is 11.9 Å². The highest BCUT2D eigenvalue weighted by atomic mass is 32.1. The van der Waals surface area contributed by atoms with E-state index >= 15 is 0 Å². The number of amides is 1. The maximum absolute atomic E-state index is 13.3. The van der Waals surface area contributed by atoms with Crippen molar-refractivity contribution in [3.63, 3.8) is 0 Å². The van der Waals surface area contributed by atoms with E-state index in [1.165, 1.54) is 45.2 Å². The first-order valence-electron chi connectivity index (χ1n) is 12.7. The van der Waals surface area contributed by atoms with Gasteiger partial charge in [0.05, 0.1) is 28.0 Å². The summed E-state index contributed by atoms with van der Waals surface area (Å²) >= 11 is 1.67. The third kappa shape index (κ3) is 4.18.